The van der Waals surface area contributed by atoms with Crippen LogP contribution in [0.25, 0.3) is 0 Å². The molecule has 0 aromatic carbocycles. The summed E-state index contributed by atoms with van der Waals surface area (Å²) < 4.78 is 23.3. The van der Waals surface area contributed by atoms with E-state index >= 15 is 0 Å². The zero-order valence-electron chi connectivity index (χ0n) is 13.6. The summed E-state index contributed by atoms with van der Waals surface area (Å²) in [6.07, 6.45) is 5.04. The summed E-state index contributed by atoms with van der Waals surface area (Å²) in [5, 5.41) is 3.72. The van der Waals surface area contributed by atoms with E-state index < -0.39 is 14.6 Å². The first kappa shape index (κ1) is 16.2. The second-order valence-corrected chi connectivity index (χ2v) is 10.2. The second kappa shape index (κ2) is 5.25. The summed E-state index contributed by atoms with van der Waals surface area (Å²) in [5.41, 5.74) is 0.166. The molecule has 4 nitrogen and oxygen atoms in total. The lowest BCUT2D eigenvalue weighted by Gasteiger charge is -2.48. The fourth-order valence-electron chi connectivity index (χ4n) is 3.27. The highest BCUT2D eigenvalue weighted by molar-refractivity contribution is 7.92. The van der Waals surface area contributed by atoms with Gasteiger partial charge in [-0.05, 0) is 46.0 Å². The lowest BCUT2D eigenvalue weighted by Crippen LogP contribution is -2.65. The quantitative estimate of drug-likeness (QED) is 0.839. The molecule has 1 N–H and O–H groups in total. The highest BCUT2D eigenvalue weighted by atomic mass is 32.2. The smallest absolute Gasteiger partial charge is 0.153 e. The Bertz CT molecular complexity index is 456. The molecule has 2 aliphatic rings. The molecule has 0 aromatic heterocycles. The Hall–Kier alpha value is -0.130. The normalized spacial score (nSPS) is 33.4. The number of hydrogen-bond acceptors (Lipinski definition) is 4. The Morgan fingerprint density at radius 1 is 1.35 bits per heavy atom. The molecule has 20 heavy (non-hydrogen) atoms. The molecule has 2 rings (SSSR count). The Morgan fingerprint density at radius 3 is 2.40 bits per heavy atom. The molecule has 1 saturated carbocycles. The van der Waals surface area contributed by atoms with Gasteiger partial charge in [0.25, 0.3) is 0 Å². The van der Waals surface area contributed by atoms with Gasteiger partial charge in [-0.2, -0.15) is 0 Å². The van der Waals surface area contributed by atoms with E-state index in [-0.39, 0.29) is 5.54 Å². The van der Waals surface area contributed by atoms with E-state index in [0.29, 0.717) is 12.6 Å². The summed E-state index contributed by atoms with van der Waals surface area (Å²) in [6, 6.07) is 0.447. The maximum absolute atomic E-state index is 12.0. The van der Waals surface area contributed by atoms with E-state index in [0.717, 1.165) is 25.4 Å². The molecule has 1 aliphatic carbocycles. The Morgan fingerprint density at radius 2 is 1.95 bits per heavy atom. The van der Waals surface area contributed by atoms with Crippen LogP contribution in [0.1, 0.15) is 47.0 Å². The third kappa shape index (κ3) is 3.20. The van der Waals surface area contributed by atoms with E-state index in [4.69, 9.17) is 0 Å². The van der Waals surface area contributed by atoms with Crippen molar-refractivity contribution in [3.63, 3.8) is 0 Å². The van der Waals surface area contributed by atoms with E-state index in [1.54, 1.807) is 0 Å². The van der Waals surface area contributed by atoms with E-state index in [1.807, 2.05) is 13.8 Å². The van der Waals surface area contributed by atoms with Crippen molar-refractivity contribution in [2.45, 2.75) is 63.3 Å². The highest BCUT2D eigenvalue weighted by Gasteiger charge is 2.47. The fraction of sp³-hybridized carbons (Fsp3) is 1.00. The predicted octanol–water partition coefficient (Wildman–Crippen LogP) is 1.66. The van der Waals surface area contributed by atoms with Gasteiger partial charge in [-0.15, -0.1) is 0 Å². The zero-order chi connectivity index (χ0) is 15.2. The number of hydrogen-bond donors (Lipinski definition) is 1. The van der Waals surface area contributed by atoms with Crippen molar-refractivity contribution in [3.8, 4) is 0 Å². The lowest BCUT2D eigenvalue weighted by atomic mass is 9.90. The molecule has 0 radical (unpaired) electrons. The number of nitrogens with zero attached hydrogens (tertiary/aromatic N) is 1. The van der Waals surface area contributed by atoms with E-state index in [9.17, 15) is 8.42 Å². The summed E-state index contributed by atoms with van der Waals surface area (Å²) >= 11 is 0. The standard InChI is InChI=1S/C15H30N2O2S/c1-6-13-9-16-15(4,12-7-8-12)11-17(13)10-14(2,3)20(5,18)19/h12-13,16H,6-11H2,1-5H3. The Labute approximate surface area is 124 Å². The van der Waals surface area contributed by atoms with Gasteiger partial charge in [-0.25, -0.2) is 8.42 Å². The third-order valence-corrected chi connectivity index (χ3v) is 7.46. The van der Waals surface area contributed by atoms with Crippen molar-refractivity contribution in [2.24, 2.45) is 5.92 Å². The minimum absolute atomic E-state index is 0.166. The van der Waals surface area contributed by atoms with Gasteiger partial charge in [-0.1, -0.05) is 6.92 Å². The van der Waals surface area contributed by atoms with Gasteiger partial charge >= 0.3 is 0 Å². The molecule has 1 saturated heterocycles. The topological polar surface area (TPSA) is 49.4 Å². The molecule has 2 fully saturated rings. The zero-order valence-corrected chi connectivity index (χ0v) is 14.4. The minimum Gasteiger partial charge on any atom is -0.308 e. The number of rotatable bonds is 5. The molecule has 1 aliphatic heterocycles. The van der Waals surface area contributed by atoms with E-state index in [1.165, 1.54) is 19.1 Å². The second-order valence-electron chi connectivity index (χ2n) is 7.57. The first-order chi connectivity index (χ1) is 9.09. The number of nitrogens with one attached hydrogen (secondary N) is 1. The molecule has 0 spiro atoms. The van der Waals surface area contributed by atoms with Crippen LogP contribution >= 0.6 is 0 Å². The van der Waals surface area contributed by atoms with Crippen LogP contribution in [0.5, 0.6) is 0 Å². The van der Waals surface area contributed by atoms with Gasteiger partial charge in [0, 0.05) is 37.5 Å². The first-order valence-corrected chi connectivity index (χ1v) is 9.67. The average Bonchev–Trinajstić information content (AvgIpc) is 3.11. The summed E-state index contributed by atoms with van der Waals surface area (Å²) in [7, 11) is -3.04. The van der Waals surface area contributed by atoms with Crippen molar-refractivity contribution in [1.82, 2.24) is 10.2 Å². The van der Waals surface area contributed by atoms with Gasteiger partial charge in [0.05, 0.1) is 4.75 Å². The van der Waals surface area contributed by atoms with Gasteiger partial charge in [0.2, 0.25) is 0 Å². The molecule has 0 aromatic rings. The van der Waals surface area contributed by atoms with Crippen LogP contribution in [-0.4, -0.2) is 55.5 Å². The van der Waals surface area contributed by atoms with Gasteiger partial charge < -0.3 is 5.32 Å². The third-order valence-electron chi connectivity index (χ3n) is 5.33. The number of sulfone groups is 1. The molecular weight excluding hydrogens is 272 g/mol. The van der Waals surface area contributed by atoms with Crippen LogP contribution in [0, 0.1) is 5.92 Å². The predicted molar refractivity (Wildman–Crippen MR) is 83.7 cm³/mol. The van der Waals surface area contributed by atoms with Crippen LogP contribution in [0.4, 0.5) is 0 Å². The van der Waals surface area contributed by atoms with Crippen LogP contribution in [0.15, 0.2) is 0 Å². The molecule has 0 bridgehead atoms. The van der Waals surface area contributed by atoms with Gasteiger partial charge in [0.15, 0.2) is 9.84 Å². The average molecular weight is 302 g/mol. The van der Waals surface area contributed by atoms with Crippen LogP contribution in [0.3, 0.4) is 0 Å². The van der Waals surface area contributed by atoms with Crippen molar-refractivity contribution in [3.05, 3.63) is 0 Å². The van der Waals surface area contributed by atoms with Crippen LogP contribution in [-0.2, 0) is 9.84 Å². The van der Waals surface area contributed by atoms with Gasteiger partial charge in [0.1, 0.15) is 0 Å². The van der Waals surface area contributed by atoms with Crippen molar-refractivity contribution in [2.75, 3.05) is 25.9 Å². The van der Waals surface area contributed by atoms with Crippen molar-refractivity contribution >= 4 is 9.84 Å². The molecule has 5 heteroatoms. The molecule has 1 heterocycles. The minimum atomic E-state index is -3.04. The summed E-state index contributed by atoms with van der Waals surface area (Å²) in [4.78, 5) is 2.41. The summed E-state index contributed by atoms with van der Waals surface area (Å²) in [6.45, 7) is 10.8. The van der Waals surface area contributed by atoms with Crippen LogP contribution < -0.4 is 5.32 Å². The molecule has 0 amide bonds. The Balaban J connectivity index is 2.13. The maximum atomic E-state index is 12.0. The van der Waals surface area contributed by atoms with Gasteiger partial charge in [-0.3, -0.25) is 4.90 Å². The largest absolute Gasteiger partial charge is 0.308 e. The summed E-state index contributed by atoms with van der Waals surface area (Å²) in [5.74, 6) is 0.768. The SMILES string of the molecule is CCC1CNC(C)(C2CC2)CN1CC(C)(C)S(C)(=O)=O. The number of piperazine rings is 1. The lowest BCUT2D eigenvalue weighted by molar-refractivity contribution is 0.0664. The van der Waals surface area contributed by atoms with Crippen molar-refractivity contribution in [1.29, 1.82) is 0 Å². The molecule has 2 unspecified atom stereocenters. The highest BCUT2D eigenvalue weighted by Crippen LogP contribution is 2.41. The van der Waals surface area contributed by atoms with Crippen LogP contribution in [0.2, 0.25) is 0 Å². The Kier molecular flexibility index (Phi) is 4.27. The molecular formula is C15H30N2O2S. The fourth-order valence-corrected chi connectivity index (χ4v) is 3.68. The van der Waals surface area contributed by atoms with E-state index in [2.05, 4.69) is 24.1 Å². The molecule has 118 valence electrons. The maximum Gasteiger partial charge on any atom is 0.153 e. The monoisotopic (exact) mass is 302 g/mol. The first-order valence-electron chi connectivity index (χ1n) is 7.78. The van der Waals surface area contributed by atoms with Crippen molar-refractivity contribution < 1.29 is 8.42 Å². The molecule has 2 atom stereocenters.